The first-order chi connectivity index (χ1) is 17.5. The minimum Gasteiger partial charge on any atom is -0.381 e. The number of fused-ring (bicyclic) bond motifs is 1. The van der Waals surface area contributed by atoms with Crippen LogP contribution in [0.2, 0.25) is 0 Å². The van der Waals surface area contributed by atoms with Gasteiger partial charge in [0.1, 0.15) is 11.5 Å². The Morgan fingerprint density at radius 1 is 1.11 bits per heavy atom. The summed E-state index contributed by atoms with van der Waals surface area (Å²) < 4.78 is 5.47. The van der Waals surface area contributed by atoms with Gasteiger partial charge in [0.15, 0.2) is 0 Å². The van der Waals surface area contributed by atoms with E-state index < -0.39 is 0 Å². The number of carbonyl (C=O) groups excluding carboxylic acids is 1. The normalized spacial score (nSPS) is 24.0. The summed E-state index contributed by atoms with van der Waals surface area (Å²) in [6.45, 7) is 5.66. The van der Waals surface area contributed by atoms with Gasteiger partial charge in [-0.25, -0.2) is 9.97 Å². The summed E-state index contributed by atoms with van der Waals surface area (Å²) in [7, 11) is 2.13. The van der Waals surface area contributed by atoms with Gasteiger partial charge in [-0.15, -0.1) is 0 Å². The van der Waals surface area contributed by atoms with Crippen molar-refractivity contribution in [1.29, 1.82) is 0 Å². The van der Waals surface area contributed by atoms with Gasteiger partial charge < -0.3 is 15.0 Å². The number of hydrogen-bond acceptors (Lipinski definition) is 6. The lowest BCUT2D eigenvalue weighted by Crippen LogP contribution is -2.21. The zero-order valence-electron chi connectivity index (χ0n) is 20.9. The largest absolute Gasteiger partial charge is 0.381 e. The molecule has 1 N–H and O–H groups in total. The van der Waals surface area contributed by atoms with E-state index in [4.69, 9.17) is 4.74 Å². The van der Waals surface area contributed by atoms with Crippen molar-refractivity contribution in [2.24, 2.45) is 11.3 Å². The Bertz CT molecular complexity index is 1370. The minimum absolute atomic E-state index is 0.0735. The van der Waals surface area contributed by atoms with Gasteiger partial charge in [0, 0.05) is 60.7 Å². The zero-order valence-corrected chi connectivity index (χ0v) is 20.9. The first-order valence-electron chi connectivity index (χ1n) is 12.8. The van der Waals surface area contributed by atoms with Crippen molar-refractivity contribution in [3.05, 3.63) is 59.3 Å². The quantitative estimate of drug-likeness (QED) is 0.572. The summed E-state index contributed by atoms with van der Waals surface area (Å²) >= 11 is 0. The van der Waals surface area contributed by atoms with Gasteiger partial charge >= 0.3 is 0 Å². The number of likely N-dealkylation sites (tertiary alicyclic amines) is 1. The molecule has 2 aliphatic heterocycles. The highest BCUT2D eigenvalue weighted by Gasteiger charge is 2.60. The highest BCUT2D eigenvalue weighted by atomic mass is 16.5. The van der Waals surface area contributed by atoms with Crippen LogP contribution in [-0.4, -0.2) is 59.1 Å². The summed E-state index contributed by atoms with van der Waals surface area (Å²) in [5.74, 6) is 7.67. The maximum absolute atomic E-state index is 13.0. The van der Waals surface area contributed by atoms with E-state index in [2.05, 4.69) is 50.1 Å². The molecule has 36 heavy (non-hydrogen) atoms. The topological polar surface area (TPSA) is 80.2 Å². The highest BCUT2D eigenvalue weighted by molar-refractivity contribution is 5.97. The number of hydrogen-bond donors (Lipinski definition) is 1. The predicted octanol–water partition coefficient (Wildman–Crippen LogP) is 3.91. The monoisotopic (exact) mass is 481 g/mol. The molecule has 2 saturated heterocycles. The van der Waals surface area contributed by atoms with Crippen LogP contribution in [0.3, 0.4) is 0 Å². The van der Waals surface area contributed by atoms with Crippen molar-refractivity contribution in [2.75, 3.05) is 38.7 Å². The van der Waals surface area contributed by atoms with Gasteiger partial charge in [0.05, 0.1) is 5.56 Å². The fourth-order valence-electron chi connectivity index (χ4n) is 5.81. The van der Waals surface area contributed by atoms with Gasteiger partial charge in [-0.1, -0.05) is 12.0 Å². The van der Waals surface area contributed by atoms with Crippen molar-refractivity contribution in [1.82, 2.24) is 19.9 Å². The average Bonchev–Trinajstić information content (AvgIpc) is 3.49. The van der Waals surface area contributed by atoms with Crippen LogP contribution < -0.4 is 5.32 Å². The van der Waals surface area contributed by atoms with Crippen molar-refractivity contribution in [3.63, 3.8) is 0 Å². The molecule has 1 amide bonds. The number of aromatic nitrogens is 3. The first kappa shape index (κ1) is 23.1. The average molecular weight is 482 g/mol. The molecule has 0 bridgehead atoms. The molecule has 0 radical (unpaired) electrons. The molecule has 5 heterocycles. The van der Waals surface area contributed by atoms with Crippen LogP contribution in [0.15, 0.2) is 36.8 Å². The van der Waals surface area contributed by atoms with E-state index in [1.807, 2.05) is 25.3 Å². The van der Waals surface area contributed by atoms with Crippen LogP contribution in [0.1, 0.15) is 54.1 Å². The van der Waals surface area contributed by atoms with Crippen molar-refractivity contribution in [3.8, 4) is 11.8 Å². The van der Waals surface area contributed by atoms with E-state index >= 15 is 0 Å². The molecular formula is C29H31N5O2. The Hall–Kier alpha value is -3.34. The van der Waals surface area contributed by atoms with Gasteiger partial charge in [-0.05, 0) is 81.1 Å². The number of aryl methyl sites for hydroxylation is 1. The molecule has 3 fully saturated rings. The van der Waals surface area contributed by atoms with E-state index in [0.717, 1.165) is 79.7 Å². The number of nitrogens with zero attached hydrogens (tertiary/aromatic N) is 4. The van der Waals surface area contributed by atoms with E-state index in [1.54, 1.807) is 12.4 Å². The van der Waals surface area contributed by atoms with Gasteiger partial charge in [-0.2, -0.15) is 0 Å². The Kier molecular flexibility index (Phi) is 5.94. The SMILES string of the molecule is Cc1ncc(C#Cc2ccc(C3CCOCC3)cn2)c2cc(NC(=O)[C@H]3C[C@@]34CCN(C)C4)ncc12. The molecule has 1 saturated carbocycles. The summed E-state index contributed by atoms with van der Waals surface area (Å²) in [4.78, 5) is 28.9. The molecule has 2 atom stereocenters. The summed E-state index contributed by atoms with van der Waals surface area (Å²) in [6.07, 6.45) is 9.66. The molecule has 6 rings (SSSR count). The number of nitrogens with one attached hydrogen (secondary N) is 1. The molecule has 0 aromatic carbocycles. The Labute approximate surface area is 211 Å². The zero-order chi connectivity index (χ0) is 24.7. The molecule has 1 aliphatic carbocycles. The first-order valence-corrected chi connectivity index (χ1v) is 12.8. The standard InChI is InChI=1S/C29H31N5O2/c1-19-25-17-32-27(33-28(35)26-14-29(26)9-10-34(2)18-29)13-24(25)22(16-30-19)4-6-23-5-3-21(15-31-23)20-7-11-36-12-8-20/h3,5,13,15-17,20,26H,7-12,14,18H2,1-2H3,(H,32,33,35)/t26-,29-/m1/s1. The van der Waals surface area contributed by atoms with Crippen LogP contribution in [-0.2, 0) is 9.53 Å². The third-order valence-electron chi connectivity index (χ3n) is 8.11. The molecule has 7 heteroatoms. The van der Waals surface area contributed by atoms with E-state index in [0.29, 0.717) is 11.7 Å². The third-order valence-corrected chi connectivity index (χ3v) is 8.11. The second-order valence-corrected chi connectivity index (χ2v) is 10.6. The predicted molar refractivity (Wildman–Crippen MR) is 139 cm³/mol. The van der Waals surface area contributed by atoms with E-state index in [9.17, 15) is 4.79 Å². The smallest absolute Gasteiger partial charge is 0.229 e. The Morgan fingerprint density at radius 2 is 1.97 bits per heavy atom. The number of anilines is 1. The maximum atomic E-state index is 13.0. The van der Waals surface area contributed by atoms with Gasteiger partial charge in [-0.3, -0.25) is 9.78 Å². The van der Waals surface area contributed by atoms with Crippen LogP contribution in [0.4, 0.5) is 5.82 Å². The summed E-state index contributed by atoms with van der Waals surface area (Å²) in [6, 6.07) is 6.03. The lowest BCUT2D eigenvalue weighted by atomic mass is 9.93. The molecule has 1 spiro atoms. The van der Waals surface area contributed by atoms with Gasteiger partial charge in [0.25, 0.3) is 0 Å². The van der Waals surface area contributed by atoms with Crippen molar-refractivity contribution < 1.29 is 9.53 Å². The Balaban J connectivity index is 1.22. The minimum atomic E-state index is 0.0735. The van der Waals surface area contributed by atoms with Crippen LogP contribution >= 0.6 is 0 Å². The Morgan fingerprint density at radius 3 is 2.72 bits per heavy atom. The fraction of sp³-hybridized carbons (Fsp3) is 0.448. The lowest BCUT2D eigenvalue weighted by molar-refractivity contribution is -0.118. The summed E-state index contributed by atoms with van der Waals surface area (Å²) in [5.41, 5.74) is 3.82. The van der Waals surface area contributed by atoms with Crippen molar-refractivity contribution >= 4 is 22.5 Å². The molecule has 184 valence electrons. The number of amides is 1. The second-order valence-electron chi connectivity index (χ2n) is 10.6. The number of rotatable bonds is 3. The highest BCUT2D eigenvalue weighted by Crippen LogP contribution is 2.58. The number of carbonyl (C=O) groups is 1. The molecule has 0 unspecified atom stereocenters. The van der Waals surface area contributed by atoms with Crippen LogP contribution in [0.5, 0.6) is 0 Å². The lowest BCUT2D eigenvalue weighted by Gasteiger charge is -2.21. The van der Waals surface area contributed by atoms with Gasteiger partial charge in [0.2, 0.25) is 5.91 Å². The molecular weight excluding hydrogens is 450 g/mol. The van der Waals surface area contributed by atoms with E-state index in [1.165, 1.54) is 5.56 Å². The molecule has 3 aliphatic rings. The number of ether oxygens (including phenoxy) is 1. The second kappa shape index (κ2) is 9.27. The molecule has 7 nitrogen and oxygen atoms in total. The van der Waals surface area contributed by atoms with Crippen molar-refractivity contribution in [2.45, 2.75) is 38.5 Å². The van der Waals surface area contributed by atoms with E-state index in [-0.39, 0.29) is 17.2 Å². The fourth-order valence-corrected chi connectivity index (χ4v) is 5.81. The van der Waals surface area contributed by atoms with Crippen LogP contribution in [0.25, 0.3) is 10.8 Å². The number of pyridine rings is 3. The third kappa shape index (κ3) is 4.47. The van der Waals surface area contributed by atoms with Crippen LogP contribution in [0, 0.1) is 30.1 Å². The summed E-state index contributed by atoms with van der Waals surface area (Å²) in [5, 5.41) is 4.93. The maximum Gasteiger partial charge on any atom is 0.229 e. The molecule has 3 aromatic rings. The molecule has 3 aromatic heterocycles.